The number of halogens is 1. The maximum absolute atomic E-state index is 9.56. The number of phenolic OH excluding ortho intramolecular Hbond substituents is 1. The molecule has 1 aromatic carbocycles. The van der Waals surface area contributed by atoms with Crippen LogP contribution in [0.5, 0.6) is 5.75 Å². The van der Waals surface area contributed by atoms with E-state index in [4.69, 9.17) is 12.2 Å². The lowest BCUT2D eigenvalue weighted by Crippen LogP contribution is -2.82. The van der Waals surface area contributed by atoms with Crippen molar-refractivity contribution in [2.75, 3.05) is 6.54 Å². The van der Waals surface area contributed by atoms with Crippen molar-refractivity contribution in [2.24, 2.45) is 0 Å². The lowest BCUT2D eigenvalue weighted by molar-refractivity contribution is -0.500. The van der Waals surface area contributed by atoms with Crippen molar-refractivity contribution in [3.05, 3.63) is 40.9 Å². The summed E-state index contributed by atoms with van der Waals surface area (Å²) in [6.07, 6.45) is 3.32. The highest BCUT2D eigenvalue weighted by atomic mass is 79.9. The number of benzene rings is 1. The average Bonchev–Trinajstić information content (AvgIpc) is 2.31. The van der Waals surface area contributed by atoms with E-state index in [2.05, 4.69) is 38.4 Å². The highest BCUT2D eigenvalue weighted by Crippen LogP contribution is 2.19. The van der Waals surface area contributed by atoms with Gasteiger partial charge in [-0.1, -0.05) is 22.0 Å². The van der Waals surface area contributed by atoms with Gasteiger partial charge in [-0.15, -0.1) is 17.1 Å². The molecule has 0 saturated heterocycles. The zero-order chi connectivity index (χ0) is 12.7. The smallest absolute Gasteiger partial charge is 0.224 e. The van der Waals surface area contributed by atoms with Crippen molar-refractivity contribution in [1.82, 2.24) is 10.7 Å². The molecule has 1 aromatic rings. The summed E-state index contributed by atoms with van der Waals surface area (Å²) in [6.45, 7) is 4.16. The van der Waals surface area contributed by atoms with Crippen LogP contribution in [0.2, 0.25) is 0 Å². The molecule has 0 aliphatic rings. The summed E-state index contributed by atoms with van der Waals surface area (Å²) < 4.78 is 0.885. The van der Waals surface area contributed by atoms with Crippen molar-refractivity contribution in [3.8, 4) is 5.75 Å². The topological polar surface area (TPSA) is 58.3 Å². The zero-order valence-corrected chi connectivity index (χ0v) is 11.4. The van der Waals surface area contributed by atoms with Crippen molar-refractivity contribution in [3.63, 3.8) is 0 Å². The molecule has 90 valence electrons. The number of thiocarbonyl (C=S) groups is 1. The van der Waals surface area contributed by atoms with Gasteiger partial charge in [-0.3, -0.25) is 0 Å². The van der Waals surface area contributed by atoms with E-state index < -0.39 is 0 Å². The summed E-state index contributed by atoms with van der Waals surface area (Å²) >= 11 is 8.29. The van der Waals surface area contributed by atoms with Crippen LogP contribution in [0.3, 0.4) is 0 Å². The molecule has 0 atom stereocenters. The lowest BCUT2D eigenvalue weighted by atomic mass is 10.2. The average molecular weight is 315 g/mol. The Balaban J connectivity index is 2.56. The van der Waals surface area contributed by atoms with Crippen LogP contribution < -0.4 is 15.8 Å². The van der Waals surface area contributed by atoms with Gasteiger partial charge >= 0.3 is 0 Å². The third-order valence-electron chi connectivity index (χ3n) is 1.81. The van der Waals surface area contributed by atoms with Crippen molar-refractivity contribution >= 4 is 39.5 Å². The molecule has 0 unspecified atom stereocenters. The zero-order valence-electron chi connectivity index (χ0n) is 9.03. The van der Waals surface area contributed by atoms with E-state index >= 15 is 0 Å². The monoisotopic (exact) mass is 314 g/mol. The predicted octanol–water partition coefficient (Wildman–Crippen LogP) is 0.219. The molecule has 0 aromatic heterocycles. The van der Waals surface area contributed by atoms with E-state index in [0.717, 1.165) is 4.47 Å². The number of rotatable bonds is 4. The number of hydrazine groups is 1. The SMILES string of the molecule is C=CCNC(=S)N/[NH+]=C/c1cc(Br)ccc1O. The minimum atomic E-state index is 0.187. The standard InChI is InChI=1S/C11H12BrN3OS/c1-2-5-13-11(17)15-14-7-8-6-9(12)3-4-10(8)16/h2-4,6-7,16H,1,5H2,(H2,13,15,17)/p+1/b14-7+. The van der Waals surface area contributed by atoms with Crippen LogP contribution in [0.1, 0.15) is 5.56 Å². The Hall–Kier alpha value is -1.40. The highest BCUT2D eigenvalue weighted by Gasteiger charge is 2.01. The first kappa shape index (κ1) is 13.7. The van der Waals surface area contributed by atoms with Gasteiger partial charge in [0, 0.05) is 11.0 Å². The van der Waals surface area contributed by atoms with Gasteiger partial charge in [-0.2, -0.15) is 0 Å². The van der Waals surface area contributed by atoms with Crippen LogP contribution >= 0.6 is 28.1 Å². The largest absolute Gasteiger partial charge is 0.507 e. The van der Waals surface area contributed by atoms with E-state index in [1.165, 1.54) is 0 Å². The van der Waals surface area contributed by atoms with E-state index in [1.807, 2.05) is 0 Å². The molecular formula is C11H13BrN3OS+. The van der Waals surface area contributed by atoms with Crippen LogP contribution in [-0.2, 0) is 0 Å². The Bertz CT molecular complexity index is 448. The molecule has 0 aliphatic carbocycles. The summed E-state index contributed by atoms with van der Waals surface area (Å²) in [5.74, 6) is 0.187. The molecule has 4 nitrogen and oxygen atoms in total. The van der Waals surface area contributed by atoms with Crippen LogP contribution in [-0.4, -0.2) is 23.0 Å². The number of aromatic hydroxyl groups is 1. The number of hydrogen-bond donors (Lipinski definition) is 4. The highest BCUT2D eigenvalue weighted by molar-refractivity contribution is 9.10. The molecule has 0 saturated carbocycles. The maximum atomic E-state index is 9.56. The fraction of sp³-hybridized carbons (Fsp3) is 0.0909. The van der Waals surface area contributed by atoms with Gasteiger partial charge in [0.05, 0.1) is 5.56 Å². The Morgan fingerprint density at radius 2 is 2.35 bits per heavy atom. The summed E-state index contributed by atoms with van der Waals surface area (Å²) in [4.78, 5) is 0. The van der Waals surface area contributed by atoms with Gasteiger partial charge < -0.3 is 10.4 Å². The normalized spacial score (nSPS) is 10.2. The van der Waals surface area contributed by atoms with Gasteiger partial charge in [-0.25, -0.2) is 0 Å². The predicted molar refractivity (Wildman–Crippen MR) is 75.9 cm³/mol. The van der Waals surface area contributed by atoms with Crippen molar-refractivity contribution in [1.29, 1.82) is 0 Å². The molecule has 0 aliphatic heterocycles. The first-order valence-corrected chi connectivity index (χ1v) is 6.05. The van der Waals surface area contributed by atoms with E-state index in [-0.39, 0.29) is 5.75 Å². The Labute approximate surface area is 114 Å². The molecule has 6 heteroatoms. The Morgan fingerprint density at radius 3 is 3.06 bits per heavy atom. The molecule has 4 N–H and O–H groups in total. The molecule has 0 fully saturated rings. The van der Waals surface area contributed by atoms with Crippen molar-refractivity contribution in [2.45, 2.75) is 0 Å². The van der Waals surface area contributed by atoms with E-state index in [9.17, 15) is 5.11 Å². The Morgan fingerprint density at radius 1 is 1.59 bits per heavy atom. The minimum Gasteiger partial charge on any atom is -0.507 e. The second-order valence-electron chi connectivity index (χ2n) is 3.12. The summed E-state index contributed by atoms with van der Waals surface area (Å²) in [5, 5.41) is 15.7. The summed E-state index contributed by atoms with van der Waals surface area (Å²) in [5.41, 5.74) is 3.40. The molecule has 0 radical (unpaired) electrons. The fourth-order valence-electron chi connectivity index (χ4n) is 1.03. The van der Waals surface area contributed by atoms with Crippen LogP contribution in [0, 0.1) is 0 Å². The number of hydrazone groups is 1. The fourth-order valence-corrected chi connectivity index (χ4v) is 1.55. The maximum Gasteiger partial charge on any atom is 0.224 e. The van der Waals surface area contributed by atoms with Gasteiger partial charge in [0.25, 0.3) is 0 Å². The molecule has 0 bridgehead atoms. The molecular weight excluding hydrogens is 302 g/mol. The van der Waals surface area contributed by atoms with Crippen LogP contribution in [0.15, 0.2) is 35.3 Å². The quantitative estimate of drug-likeness (QED) is 0.278. The second-order valence-corrected chi connectivity index (χ2v) is 4.44. The first-order chi connectivity index (χ1) is 8.13. The first-order valence-electron chi connectivity index (χ1n) is 4.85. The van der Waals surface area contributed by atoms with Gasteiger partial charge in [0.1, 0.15) is 5.75 Å². The number of nitrogens with one attached hydrogen (secondary N) is 3. The molecule has 0 amide bonds. The van der Waals surface area contributed by atoms with E-state index in [1.54, 1.807) is 30.5 Å². The Kier molecular flexibility index (Phi) is 5.65. The summed E-state index contributed by atoms with van der Waals surface area (Å²) in [6, 6.07) is 5.15. The van der Waals surface area contributed by atoms with Crippen LogP contribution in [0.4, 0.5) is 0 Å². The molecule has 1 rings (SSSR count). The molecule has 0 spiro atoms. The number of phenols is 1. The van der Waals surface area contributed by atoms with E-state index in [0.29, 0.717) is 17.2 Å². The van der Waals surface area contributed by atoms with Gasteiger partial charge in [-0.05, 0) is 30.4 Å². The van der Waals surface area contributed by atoms with Gasteiger partial charge in [0.15, 0.2) is 0 Å². The molecule has 17 heavy (non-hydrogen) atoms. The lowest BCUT2D eigenvalue weighted by Gasteiger charge is -2.00. The third kappa shape index (κ3) is 4.97. The van der Waals surface area contributed by atoms with Crippen molar-refractivity contribution < 1.29 is 10.2 Å². The number of hydrogen-bond acceptors (Lipinski definition) is 2. The van der Waals surface area contributed by atoms with Gasteiger partial charge in [0.2, 0.25) is 11.3 Å². The third-order valence-corrected chi connectivity index (χ3v) is 2.55. The minimum absolute atomic E-state index is 0.187. The van der Waals surface area contributed by atoms with Crippen LogP contribution in [0.25, 0.3) is 0 Å². The summed E-state index contributed by atoms with van der Waals surface area (Å²) in [7, 11) is 0. The second kappa shape index (κ2) is 7.03. The molecule has 0 heterocycles.